The molecule has 0 aliphatic rings. The van der Waals surface area contributed by atoms with Gasteiger partial charge >= 0.3 is 5.97 Å². The molecule has 1 rings (SSSR count). The second kappa shape index (κ2) is 11.3. The van der Waals surface area contributed by atoms with Gasteiger partial charge in [-0.1, -0.05) is 18.0 Å². The maximum absolute atomic E-state index is 10.9. The number of unbranched alkanes of at least 4 members (excludes halogenated alkanes) is 2. The topological polar surface area (TPSA) is 106 Å². The third kappa shape index (κ3) is 8.41. The summed E-state index contributed by atoms with van der Waals surface area (Å²) in [6, 6.07) is 4.08. The minimum Gasteiger partial charge on any atom is -0.469 e. The summed E-state index contributed by atoms with van der Waals surface area (Å²) in [5.74, 6) is -0.209. The Hall–Kier alpha value is -2.26. The van der Waals surface area contributed by atoms with Crippen LogP contribution < -0.4 is 10.7 Å². The van der Waals surface area contributed by atoms with Crippen molar-refractivity contribution in [3.05, 3.63) is 38.9 Å². The molecule has 2 N–H and O–H groups in total. The Bertz CT molecular complexity index is 654. The van der Waals surface area contributed by atoms with Crippen LogP contribution in [0.3, 0.4) is 0 Å². The van der Waals surface area contributed by atoms with E-state index >= 15 is 0 Å². The SMILES string of the molecule is COC(=O)CCCCCNC(=S)N/N=C\c1cc([N+](=O)[O-])ccc1Cl. The Kier molecular flexibility index (Phi) is 9.41. The van der Waals surface area contributed by atoms with Crippen molar-refractivity contribution in [2.75, 3.05) is 13.7 Å². The molecule has 25 heavy (non-hydrogen) atoms. The normalized spacial score (nSPS) is 10.5. The van der Waals surface area contributed by atoms with Crippen molar-refractivity contribution >= 4 is 46.8 Å². The molecule has 0 spiro atoms. The van der Waals surface area contributed by atoms with Gasteiger partial charge in [0.15, 0.2) is 5.11 Å². The van der Waals surface area contributed by atoms with Crippen LogP contribution in [-0.4, -0.2) is 35.9 Å². The summed E-state index contributed by atoms with van der Waals surface area (Å²) in [5, 5.41) is 18.3. The first kappa shape index (κ1) is 20.8. The number of nitro groups is 1. The lowest BCUT2D eigenvalue weighted by Gasteiger charge is -2.06. The molecule has 0 aromatic heterocycles. The van der Waals surface area contributed by atoms with Gasteiger partial charge < -0.3 is 10.1 Å². The van der Waals surface area contributed by atoms with E-state index in [4.69, 9.17) is 23.8 Å². The minimum atomic E-state index is -0.506. The lowest BCUT2D eigenvalue weighted by molar-refractivity contribution is -0.384. The van der Waals surface area contributed by atoms with E-state index in [9.17, 15) is 14.9 Å². The van der Waals surface area contributed by atoms with Crippen molar-refractivity contribution in [1.29, 1.82) is 0 Å². The van der Waals surface area contributed by atoms with E-state index in [0.29, 0.717) is 28.7 Å². The fourth-order valence-electron chi connectivity index (χ4n) is 1.82. The van der Waals surface area contributed by atoms with E-state index in [-0.39, 0.29) is 11.7 Å². The zero-order chi connectivity index (χ0) is 18.7. The predicted octanol–water partition coefficient (Wildman–Crippen LogP) is 2.78. The van der Waals surface area contributed by atoms with E-state index in [1.54, 1.807) is 0 Å². The van der Waals surface area contributed by atoms with Crippen molar-refractivity contribution in [2.24, 2.45) is 5.10 Å². The van der Waals surface area contributed by atoms with Crippen LogP contribution in [0.5, 0.6) is 0 Å². The fraction of sp³-hybridized carbons (Fsp3) is 0.400. The Labute approximate surface area is 155 Å². The summed E-state index contributed by atoms with van der Waals surface area (Å²) >= 11 is 11.0. The Morgan fingerprint density at radius 1 is 1.44 bits per heavy atom. The van der Waals surface area contributed by atoms with Crippen molar-refractivity contribution in [2.45, 2.75) is 25.7 Å². The van der Waals surface area contributed by atoms with Crippen LogP contribution in [-0.2, 0) is 9.53 Å². The number of hydrogen-bond donors (Lipinski definition) is 2. The molecule has 10 heteroatoms. The number of nitrogens with one attached hydrogen (secondary N) is 2. The first-order valence-corrected chi connectivity index (χ1v) is 8.30. The number of thiocarbonyl (C=S) groups is 1. The Balaban J connectivity index is 2.30. The van der Waals surface area contributed by atoms with Crippen molar-refractivity contribution in [3.8, 4) is 0 Å². The van der Waals surface area contributed by atoms with Crippen LogP contribution in [0.4, 0.5) is 5.69 Å². The van der Waals surface area contributed by atoms with Crippen molar-refractivity contribution in [1.82, 2.24) is 10.7 Å². The third-order valence-electron chi connectivity index (χ3n) is 3.13. The summed E-state index contributed by atoms with van der Waals surface area (Å²) in [7, 11) is 1.37. The van der Waals surface area contributed by atoms with Gasteiger partial charge in [-0.05, 0) is 31.1 Å². The number of nitro benzene ring substituents is 1. The van der Waals surface area contributed by atoms with Gasteiger partial charge in [-0.3, -0.25) is 20.3 Å². The van der Waals surface area contributed by atoms with Crippen LogP contribution in [0.1, 0.15) is 31.2 Å². The molecule has 0 aliphatic heterocycles. The van der Waals surface area contributed by atoms with Gasteiger partial charge in [0, 0.05) is 35.7 Å². The number of esters is 1. The molecule has 0 fully saturated rings. The second-order valence-corrected chi connectivity index (χ2v) is 5.79. The fourth-order valence-corrected chi connectivity index (χ4v) is 2.14. The zero-order valence-electron chi connectivity index (χ0n) is 13.7. The maximum atomic E-state index is 10.9. The highest BCUT2D eigenvalue weighted by Crippen LogP contribution is 2.20. The van der Waals surface area contributed by atoms with Gasteiger partial charge in [-0.15, -0.1) is 0 Å². The summed E-state index contributed by atoms with van der Waals surface area (Å²) in [4.78, 5) is 21.2. The summed E-state index contributed by atoms with van der Waals surface area (Å²) < 4.78 is 4.56. The molecule has 0 amide bonds. The van der Waals surface area contributed by atoms with Crippen molar-refractivity contribution in [3.63, 3.8) is 0 Å². The Morgan fingerprint density at radius 2 is 2.20 bits per heavy atom. The predicted molar refractivity (Wildman–Crippen MR) is 99.9 cm³/mol. The van der Waals surface area contributed by atoms with E-state index in [1.807, 2.05) is 0 Å². The molecular formula is C15H19ClN4O4S. The first-order chi connectivity index (χ1) is 11.9. The number of carbonyl (C=O) groups excluding carboxylic acids is 1. The standard InChI is InChI=1S/C15H19ClN4O4S/c1-24-14(21)5-3-2-4-8-17-15(25)19-18-10-11-9-12(20(22)23)6-7-13(11)16/h6-7,9-10H,2-5,8H2,1H3,(H2,17,19,25)/b18-10-. The minimum absolute atomic E-state index is 0.0708. The Morgan fingerprint density at radius 3 is 2.88 bits per heavy atom. The average Bonchev–Trinajstić information content (AvgIpc) is 2.59. The van der Waals surface area contributed by atoms with Crippen LogP contribution in [0, 0.1) is 10.1 Å². The highest BCUT2D eigenvalue weighted by molar-refractivity contribution is 7.80. The van der Waals surface area contributed by atoms with Gasteiger partial charge in [-0.2, -0.15) is 5.10 Å². The molecule has 1 aromatic rings. The molecular weight excluding hydrogens is 368 g/mol. The molecule has 0 unspecified atom stereocenters. The first-order valence-electron chi connectivity index (χ1n) is 7.51. The number of methoxy groups -OCH3 is 1. The molecule has 1 aromatic carbocycles. The lowest BCUT2D eigenvalue weighted by Crippen LogP contribution is -2.32. The molecule has 0 bridgehead atoms. The smallest absolute Gasteiger partial charge is 0.305 e. The van der Waals surface area contributed by atoms with Crippen LogP contribution in [0.15, 0.2) is 23.3 Å². The number of benzene rings is 1. The highest BCUT2D eigenvalue weighted by Gasteiger charge is 2.08. The van der Waals surface area contributed by atoms with Gasteiger partial charge in [-0.25, -0.2) is 0 Å². The number of hydrogen-bond acceptors (Lipinski definition) is 6. The molecule has 136 valence electrons. The molecule has 0 aliphatic carbocycles. The molecule has 8 nitrogen and oxygen atoms in total. The monoisotopic (exact) mass is 386 g/mol. The second-order valence-electron chi connectivity index (χ2n) is 4.98. The summed E-state index contributed by atoms with van der Waals surface area (Å²) in [6.07, 6.45) is 4.25. The molecule has 0 saturated heterocycles. The van der Waals surface area contributed by atoms with Gasteiger partial charge in [0.1, 0.15) is 0 Å². The largest absolute Gasteiger partial charge is 0.469 e. The van der Waals surface area contributed by atoms with Crippen LogP contribution >= 0.6 is 23.8 Å². The number of halogens is 1. The molecule has 0 atom stereocenters. The van der Waals surface area contributed by atoms with E-state index in [2.05, 4.69) is 20.6 Å². The molecule has 0 heterocycles. The summed E-state index contributed by atoms with van der Waals surface area (Å²) in [5.41, 5.74) is 2.95. The maximum Gasteiger partial charge on any atom is 0.305 e. The highest BCUT2D eigenvalue weighted by atomic mass is 35.5. The average molecular weight is 387 g/mol. The van der Waals surface area contributed by atoms with Gasteiger partial charge in [0.2, 0.25) is 0 Å². The van der Waals surface area contributed by atoms with E-state index < -0.39 is 4.92 Å². The van der Waals surface area contributed by atoms with Crippen LogP contribution in [0.25, 0.3) is 0 Å². The van der Waals surface area contributed by atoms with Gasteiger partial charge in [0.25, 0.3) is 5.69 Å². The molecule has 0 saturated carbocycles. The number of non-ortho nitro benzene ring substituents is 1. The van der Waals surface area contributed by atoms with Crippen molar-refractivity contribution < 1.29 is 14.5 Å². The number of carbonyl (C=O) groups is 1. The molecule has 0 radical (unpaired) electrons. The summed E-state index contributed by atoms with van der Waals surface area (Å²) in [6.45, 7) is 0.639. The quantitative estimate of drug-likeness (QED) is 0.168. The van der Waals surface area contributed by atoms with Crippen LogP contribution in [0.2, 0.25) is 5.02 Å². The van der Waals surface area contributed by atoms with E-state index in [1.165, 1.54) is 31.5 Å². The van der Waals surface area contributed by atoms with E-state index in [0.717, 1.165) is 19.3 Å². The van der Waals surface area contributed by atoms with Gasteiger partial charge in [0.05, 0.1) is 18.2 Å². The number of ether oxygens (including phenoxy) is 1. The number of rotatable bonds is 9. The number of hydrazone groups is 1. The zero-order valence-corrected chi connectivity index (χ0v) is 15.2. The number of nitrogens with zero attached hydrogens (tertiary/aromatic N) is 2. The third-order valence-corrected chi connectivity index (χ3v) is 3.71. The lowest BCUT2D eigenvalue weighted by atomic mass is 10.2.